The molecule has 0 amide bonds. The van der Waals surface area contributed by atoms with E-state index in [4.69, 9.17) is 4.74 Å². The molecule has 1 saturated heterocycles. The van der Waals surface area contributed by atoms with Crippen LogP contribution in [-0.4, -0.2) is 23.0 Å². The van der Waals surface area contributed by atoms with E-state index < -0.39 is 0 Å². The molecule has 0 spiro atoms. The molecule has 0 saturated carbocycles. The van der Waals surface area contributed by atoms with Gasteiger partial charge in [-0.1, -0.05) is 0 Å². The van der Waals surface area contributed by atoms with Crippen molar-refractivity contribution in [2.24, 2.45) is 0 Å². The van der Waals surface area contributed by atoms with Gasteiger partial charge in [0.05, 0.1) is 12.6 Å². The first-order valence-corrected chi connectivity index (χ1v) is 4.94. The Hall–Kier alpha value is -0.350. The lowest BCUT2D eigenvalue weighted by molar-refractivity contribution is 0.0548. The molecule has 4 heteroatoms. The van der Waals surface area contributed by atoms with Crippen molar-refractivity contribution in [2.75, 3.05) is 13.2 Å². The van der Waals surface area contributed by atoms with Crippen molar-refractivity contribution in [3.05, 3.63) is 16.9 Å². The molecule has 1 unspecified atom stereocenters. The molecule has 2 heterocycles. The molecule has 66 valence electrons. The Balaban J connectivity index is 2.08. The smallest absolute Gasteiger partial charge is 0.128 e. The molecule has 2 rings (SSSR count). The van der Waals surface area contributed by atoms with Gasteiger partial charge >= 0.3 is 0 Å². The van der Waals surface area contributed by atoms with Gasteiger partial charge in [0.25, 0.3) is 0 Å². The summed E-state index contributed by atoms with van der Waals surface area (Å²) in [7, 11) is 0. The molecular formula is C8H11BrN2O. The number of aromatic nitrogens is 2. The van der Waals surface area contributed by atoms with Crippen LogP contribution in [0, 0.1) is 0 Å². The fourth-order valence-electron chi connectivity index (χ4n) is 1.45. The van der Waals surface area contributed by atoms with Gasteiger partial charge in [-0.3, -0.25) is 4.68 Å². The minimum absolute atomic E-state index is 0.435. The molecule has 1 aliphatic heterocycles. The van der Waals surface area contributed by atoms with Gasteiger partial charge in [-0.2, -0.15) is 5.10 Å². The van der Waals surface area contributed by atoms with Crippen molar-refractivity contribution < 1.29 is 4.74 Å². The van der Waals surface area contributed by atoms with Crippen LogP contribution >= 0.6 is 15.9 Å². The first kappa shape index (κ1) is 8.26. The van der Waals surface area contributed by atoms with Crippen LogP contribution in [0.3, 0.4) is 0 Å². The highest BCUT2D eigenvalue weighted by atomic mass is 79.9. The highest BCUT2D eigenvalue weighted by Gasteiger charge is 2.15. The third-order valence-electron chi connectivity index (χ3n) is 2.09. The van der Waals surface area contributed by atoms with Crippen molar-refractivity contribution in [3.8, 4) is 0 Å². The maximum atomic E-state index is 5.37. The Morgan fingerprint density at radius 1 is 1.67 bits per heavy atom. The van der Waals surface area contributed by atoms with Crippen molar-refractivity contribution in [3.63, 3.8) is 0 Å². The van der Waals surface area contributed by atoms with Gasteiger partial charge in [0.1, 0.15) is 4.60 Å². The number of rotatable bonds is 1. The Labute approximate surface area is 79.8 Å². The Bertz CT molecular complexity index is 255. The lowest BCUT2D eigenvalue weighted by atomic mass is 10.1. The normalized spacial score (nSPS) is 24.2. The Kier molecular flexibility index (Phi) is 2.46. The molecule has 12 heavy (non-hydrogen) atoms. The summed E-state index contributed by atoms with van der Waals surface area (Å²) in [5, 5.41) is 4.29. The average Bonchev–Trinajstić information content (AvgIpc) is 2.54. The maximum Gasteiger partial charge on any atom is 0.128 e. The number of ether oxygens (including phenoxy) is 1. The average molecular weight is 231 g/mol. The first-order chi connectivity index (χ1) is 5.86. The van der Waals surface area contributed by atoms with E-state index in [1.165, 1.54) is 6.42 Å². The molecule has 1 aromatic rings. The summed E-state index contributed by atoms with van der Waals surface area (Å²) < 4.78 is 8.24. The van der Waals surface area contributed by atoms with E-state index in [0.29, 0.717) is 6.04 Å². The Morgan fingerprint density at radius 3 is 3.17 bits per heavy atom. The zero-order valence-corrected chi connectivity index (χ0v) is 8.33. The summed E-state index contributed by atoms with van der Waals surface area (Å²) in [6.07, 6.45) is 4.31. The second-order valence-electron chi connectivity index (χ2n) is 2.99. The van der Waals surface area contributed by atoms with Crippen LogP contribution in [0.15, 0.2) is 16.9 Å². The van der Waals surface area contributed by atoms with Crippen LogP contribution < -0.4 is 0 Å². The van der Waals surface area contributed by atoms with Crippen LogP contribution in [0.5, 0.6) is 0 Å². The van der Waals surface area contributed by atoms with Gasteiger partial charge in [0, 0.05) is 12.8 Å². The van der Waals surface area contributed by atoms with Gasteiger partial charge in [-0.05, 0) is 34.8 Å². The number of halogens is 1. The van der Waals surface area contributed by atoms with Crippen LogP contribution in [0.2, 0.25) is 0 Å². The number of hydrogen-bond acceptors (Lipinski definition) is 2. The Morgan fingerprint density at radius 2 is 2.58 bits per heavy atom. The van der Waals surface area contributed by atoms with Gasteiger partial charge < -0.3 is 4.74 Å². The summed E-state index contributed by atoms with van der Waals surface area (Å²) in [5.74, 6) is 0. The highest BCUT2D eigenvalue weighted by molar-refractivity contribution is 9.10. The lowest BCUT2D eigenvalue weighted by Gasteiger charge is -2.22. The molecular weight excluding hydrogens is 220 g/mol. The van der Waals surface area contributed by atoms with E-state index in [1.54, 1.807) is 0 Å². The van der Waals surface area contributed by atoms with Crippen LogP contribution in [0.4, 0.5) is 0 Å². The fraction of sp³-hybridized carbons (Fsp3) is 0.625. The van der Waals surface area contributed by atoms with E-state index in [1.807, 2.05) is 16.9 Å². The molecule has 0 radical (unpaired) electrons. The molecule has 0 aliphatic carbocycles. The van der Waals surface area contributed by atoms with Gasteiger partial charge in [-0.15, -0.1) is 0 Å². The van der Waals surface area contributed by atoms with E-state index in [0.717, 1.165) is 24.2 Å². The van der Waals surface area contributed by atoms with Crippen molar-refractivity contribution >= 4 is 15.9 Å². The standard InChI is InChI=1S/C8H11BrN2O/c9-8-3-4-11(10-8)7-2-1-5-12-6-7/h3-4,7H,1-2,5-6H2. The van der Waals surface area contributed by atoms with E-state index in [9.17, 15) is 0 Å². The van der Waals surface area contributed by atoms with Gasteiger partial charge in [-0.25, -0.2) is 0 Å². The molecule has 3 nitrogen and oxygen atoms in total. The van der Waals surface area contributed by atoms with Crippen molar-refractivity contribution in [1.29, 1.82) is 0 Å². The highest BCUT2D eigenvalue weighted by Crippen LogP contribution is 2.19. The zero-order chi connectivity index (χ0) is 8.39. The third-order valence-corrected chi connectivity index (χ3v) is 2.51. The van der Waals surface area contributed by atoms with E-state index in [-0.39, 0.29) is 0 Å². The predicted octanol–water partition coefficient (Wildman–Crippen LogP) is 2.00. The van der Waals surface area contributed by atoms with Crippen molar-refractivity contribution in [2.45, 2.75) is 18.9 Å². The lowest BCUT2D eigenvalue weighted by Crippen LogP contribution is -2.21. The minimum Gasteiger partial charge on any atom is -0.379 e. The minimum atomic E-state index is 0.435. The fourth-order valence-corrected chi connectivity index (χ4v) is 1.75. The molecule has 0 aromatic carbocycles. The number of nitrogens with zero attached hydrogens (tertiary/aromatic N) is 2. The summed E-state index contributed by atoms with van der Waals surface area (Å²) >= 11 is 3.33. The molecule has 1 atom stereocenters. The van der Waals surface area contributed by atoms with E-state index >= 15 is 0 Å². The van der Waals surface area contributed by atoms with Gasteiger partial charge in [0.2, 0.25) is 0 Å². The second kappa shape index (κ2) is 3.58. The zero-order valence-electron chi connectivity index (χ0n) is 6.74. The predicted molar refractivity (Wildman–Crippen MR) is 49.0 cm³/mol. The molecule has 1 aliphatic rings. The summed E-state index contributed by atoms with van der Waals surface area (Å²) in [6.45, 7) is 1.70. The molecule has 1 fully saturated rings. The van der Waals surface area contributed by atoms with Crippen LogP contribution in [0.25, 0.3) is 0 Å². The van der Waals surface area contributed by atoms with Gasteiger partial charge in [0.15, 0.2) is 0 Å². The quantitative estimate of drug-likeness (QED) is 0.739. The molecule has 1 aromatic heterocycles. The first-order valence-electron chi connectivity index (χ1n) is 4.14. The van der Waals surface area contributed by atoms with Crippen LogP contribution in [0.1, 0.15) is 18.9 Å². The summed E-state index contributed by atoms with van der Waals surface area (Å²) in [4.78, 5) is 0. The molecule has 0 bridgehead atoms. The second-order valence-corrected chi connectivity index (χ2v) is 3.80. The van der Waals surface area contributed by atoms with Crippen molar-refractivity contribution in [1.82, 2.24) is 9.78 Å². The maximum absolute atomic E-state index is 5.37. The molecule has 0 N–H and O–H groups in total. The number of hydrogen-bond donors (Lipinski definition) is 0. The SMILES string of the molecule is Brc1ccn(C2CCCOC2)n1. The largest absolute Gasteiger partial charge is 0.379 e. The topological polar surface area (TPSA) is 27.1 Å². The van der Waals surface area contributed by atoms with Crippen LogP contribution in [-0.2, 0) is 4.74 Å². The summed E-state index contributed by atoms with van der Waals surface area (Å²) in [6, 6.07) is 2.39. The summed E-state index contributed by atoms with van der Waals surface area (Å²) in [5.41, 5.74) is 0. The third kappa shape index (κ3) is 1.69. The van der Waals surface area contributed by atoms with E-state index in [2.05, 4.69) is 21.0 Å². The monoisotopic (exact) mass is 230 g/mol.